The number of rotatable bonds is 7. The molecule has 2 rings (SSSR count). The minimum Gasteiger partial charge on any atom is -0.463 e. The number of amides is 1. The van der Waals surface area contributed by atoms with Gasteiger partial charge in [0, 0.05) is 27.7 Å². The largest absolute Gasteiger partial charge is 0.463 e. The van der Waals surface area contributed by atoms with E-state index in [9.17, 15) is 19.2 Å². The van der Waals surface area contributed by atoms with Gasteiger partial charge in [-0.3, -0.25) is 19.2 Å². The van der Waals surface area contributed by atoms with Crippen LogP contribution in [0.15, 0.2) is 30.3 Å². The van der Waals surface area contributed by atoms with Crippen molar-refractivity contribution in [1.29, 1.82) is 0 Å². The summed E-state index contributed by atoms with van der Waals surface area (Å²) in [5, 5.41) is 2.63. The minimum atomic E-state index is -1.15. The van der Waals surface area contributed by atoms with Gasteiger partial charge in [-0.25, -0.2) is 0 Å². The molecule has 0 aliphatic carbocycles. The molecule has 0 aromatic heterocycles. The number of esters is 3. The molecule has 0 radical (unpaired) electrons. The smallest absolute Gasteiger partial charge is 0.303 e. The van der Waals surface area contributed by atoms with E-state index in [0.717, 1.165) is 0 Å². The molecule has 0 unspecified atom stereocenters. The monoisotopic (exact) mass is 423 g/mol. The van der Waals surface area contributed by atoms with Gasteiger partial charge in [-0.2, -0.15) is 0 Å². The number of hydrogen-bond acceptors (Lipinski definition) is 9. The highest BCUT2D eigenvalue weighted by Gasteiger charge is 2.51. The van der Waals surface area contributed by atoms with Crippen molar-refractivity contribution in [3.05, 3.63) is 30.3 Å². The van der Waals surface area contributed by atoms with Crippen LogP contribution in [0, 0.1) is 0 Å². The fourth-order valence-corrected chi connectivity index (χ4v) is 3.02. The van der Waals surface area contributed by atoms with E-state index < -0.39 is 54.5 Å². The van der Waals surface area contributed by atoms with Gasteiger partial charge in [-0.1, -0.05) is 18.2 Å². The lowest BCUT2D eigenvalue weighted by Crippen LogP contribution is -2.67. The van der Waals surface area contributed by atoms with Crippen LogP contribution in [0.25, 0.3) is 0 Å². The normalized spacial score (nSPS) is 25.5. The molecule has 1 aliphatic heterocycles. The highest BCUT2D eigenvalue weighted by atomic mass is 16.7. The molecular formula is C20H25NO9. The van der Waals surface area contributed by atoms with Gasteiger partial charge in [-0.15, -0.1) is 0 Å². The van der Waals surface area contributed by atoms with Crippen molar-refractivity contribution >= 4 is 23.8 Å². The van der Waals surface area contributed by atoms with Crippen molar-refractivity contribution < 1.29 is 42.9 Å². The molecule has 10 nitrogen and oxygen atoms in total. The van der Waals surface area contributed by atoms with Gasteiger partial charge >= 0.3 is 17.9 Å². The number of nitrogens with one attached hydrogen (secondary N) is 1. The van der Waals surface area contributed by atoms with Crippen LogP contribution < -0.4 is 10.1 Å². The minimum absolute atomic E-state index is 0.285. The molecule has 1 aromatic carbocycles. The number of ether oxygens (including phenoxy) is 5. The molecule has 1 N–H and O–H groups in total. The fourth-order valence-electron chi connectivity index (χ4n) is 3.02. The number of hydrogen-bond donors (Lipinski definition) is 1. The topological polar surface area (TPSA) is 126 Å². The average molecular weight is 423 g/mol. The lowest BCUT2D eigenvalue weighted by atomic mass is 9.96. The summed E-state index contributed by atoms with van der Waals surface area (Å²) in [4.78, 5) is 46.6. The zero-order valence-electron chi connectivity index (χ0n) is 17.2. The maximum absolute atomic E-state index is 11.8. The predicted molar refractivity (Wildman–Crippen MR) is 101 cm³/mol. The molecule has 1 aromatic rings. The van der Waals surface area contributed by atoms with Crippen LogP contribution in [-0.2, 0) is 38.1 Å². The molecule has 10 heteroatoms. The van der Waals surface area contributed by atoms with Gasteiger partial charge in [0.1, 0.15) is 24.5 Å². The molecule has 0 spiro atoms. The van der Waals surface area contributed by atoms with Crippen molar-refractivity contribution in [3.8, 4) is 5.75 Å². The molecule has 30 heavy (non-hydrogen) atoms. The Bertz CT molecular complexity index is 767. The van der Waals surface area contributed by atoms with Gasteiger partial charge in [0.2, 0.25) is 12.2 Å². The molecule has 0 saturated carbocycles. The average Bonchev–Trinajstić information content (AvgIpc) is 2.64. The Morgan fingerprint density at radius 1 is 0.900 bits per heavy atom. The maximum atomic E-state index is 11.8. The number of carbonyl (C=O) groups excluding carboxylic acids is 4. The second kappa shape index (κ2) is 10.6. The molecule has 164 valence electrons. The molecule has 1 fully saturated rings. The maximum Gasteiger partial charge on any atom is 0.303 e. The first-order valence-electron chi connectivity index (χ1n) is 9.29. The van der Waals surface area contributed by atoms with Crippen LogP contribution in [0.2, 0.25) is 0 Å². The summed E-state index contributed by atoms with van der Waals surface area (Å²) in [6.45, 7) is 4.56. The first-order chi connectivity index (χ1) is 14.2. The number of benzene rings is 1. The van der Waals surface area contributed by atoms with E-state index in [1.165, 1.54) is 27.7 Å². The van der Waals surface area contributed by atoms with E-state index >= 15 is 0 Å². The van der Waals surface area contributed by atoms with E-state index in [1.54, 1.807) is 30.3 Å². The second-order valence-electron chi connectivity index (χ2n) is 6.65. The molecular weight excluding hydrogens is 398 g/mol. The standard InChI is InChI=1S/C20H25NO9/c1-11(22)21-17-19(28-14(4)25)18(27-13(3)24)16(10-26-12(2)23)30-20(17)29-15-8-6-5-7-9-15/h5-9,16-20H,10H2,1-4H3,(H,21,22)/t16-,17+,18-,19-,20+/m1/s1. The Hall–Kier alpha value is -3.14. The Balaban J connectivity index is 2.42. The number of carbonyl (C=O) groups is 4. The van der Waals surface area contributed by atoms with Crippen LogP contribution in [0.5, 0.6) is 5.75 Å². The molecule has 0 bridgehead atoms. The molecule has 1 amide bonds. The van der Waals surface area contributed by atoms with E-state index in [0.29, 0.717) is 5.75 Å². The SMILES string of the molecule is CC(=O)N[C@@H]1[C@@H](Oc2ccccc2)O[C@H](COC(C)=O)[C@@H](OC(C)=O)[C@@H]1OC(C)=O. The molecule has 1 saturated heterocycles. The first kappa shape index (κ1) is 23.1. The summed E-state index contributed by atoms with van der Waals surface area (Å²) in [6.07, 6.45) is -4.45. The zero-order valence-corrected chi connectivity index (χ0v) is 17.2. The summed E-state index contributed by atoms with van der Waals surface area (Å²) in [7, 11) is 0. The van der Waals surface area contributed by atoms with Gasteiger partial charge < -0.3 is 29.0 Å². The van der Waals surface area contributed by atoms with Crippen LogP contribution in [-0.4, -0.2) is 61.1 Å². The van der Waals surface area contributed by atoms with Crippen molar-refractivity contribution in [2.45, 2.75) is 58.3 Å². The fraction of sp³-hybridized carbons (Fsp3) is 0.500. The summed E-state index contributed by atoms with van der Waals surface area (Å²) in [5.74, 6) is -1.93. The third-order valence-electron chi connectivity index (χ3n) is 4.07. The second-order valence-corrected chi connectivity index (χ2v) is 6.65. The van der Waals surface area contributed by atoms with Crippen LogP contribution in [0.4, 0.5) is 0 Å². The summed E-state index contributed by atoms with van der Waals surface area (Å²) in [5.41, 5.74) is 0. The van der Waals surface area contributed by atoms with Gasteiger partial charge in [-0.05, 0) is 12.1 Å². The third-order valence-corrected chi connectivity index (χ3v) is 4.07. The first-order valence-corrected chi connectivity index (χ1v) is 9.29. The van der Waals surface area contributed by atoms with E-state index in [2.05, 4.69) is 5.32 Å². The molecule has 1 aliphatic rings. The summed E-state index contributed by atoms with van der Waals surface area (Å²) in [6, 6.07) is 7.62. The Kier molecular flexibility index (Phi) is 8.16. The van der Waals surface area contributed by atoms with Crippen molar-refractivity contribution in [2.24, 2.45) is 0 Å². The van der Waals surface area contributed by atoms with E-state index in [4.69, 9.17) is 23.7 Å². The Morgan fingerprint density at radius 2 is 1.50 bits per heavy atom. The van der Waals surface area contributed by atoms with Gasteiger partial charge in [0.05, 0.1) is 0 Å². The summed E-state index contributed by atoms with van der Waals surface area (Å²) >= 11 is 0. The van der Waals surface area contributed by atoms with Gasteiger partial charge in [0.15, 0.2) is 12.2 Å². The van der Waals surface area contributed by atoms with Crippen LogP contribution in [0.3, 0.4) is 0 Å². The van der Waals surface area contributed by atoms with Crippen LogP contribution >= 0.6 is 0 Å². The van der Waals surface area contributed by atoms with Crippen molar-refractivity contribution in [1.82, 2.24) is 5.32 Å². The molecule has 5 atom stereocenters. The van der Waals surface area contributed by atoms with Gasteiger partial charge in [0.25, 0.3) is 0 Å². The lowest BCUT2D eigenvalue weighted by molar-refractivity contribution is -0.257. The quantitative estimate of drug-likeness (QED) is 0.498. The lowest BCUT2D eigenvalue weighted by Gasteiger charge is -2.44. The number of para-hydroxylation sites is 1. The van der Waals surface area contributed by atoms with E-state index in [-0.39, 0.29) is 6.61 Å². The zero-order chi connectivity index (χ0) is 22.3. The van der Waals surface area contributed by atoms with Crippen molar-refractivity contribution in [3.63, 3.8) is 0 Å². The predicted octanol–water partition coefficient (Wildman–Crippen LogP) is 0.721. The molecule has 1 heterocycles. The summed E-state index contributed by atoms with van der Waals surface area (Å²) < 4.78 is 27.5. The third kappa shape index (κ3) is 6.73. The highest BCUT2D eigenvalue weighted by molar-refractivity contribution is 5.73. The van der Waals surface area contributed by atoms with E-state index in [1.807, 2.05) is 0 Å². The Morgan fingerprint density at radius 3 is 2.03 bits per heavy atom. The highest BCUT2D eigenvalue weighted by Crippen LogP contribution is 2.29. The Labute approximate surface area is 173 Å². The van der Waals surface area contributed by atoms with Crippen molar-refractivity contribution in [2.75, 3.05) is 6.61 Å². The van der Waals surface area contributed by atoms with Crippen LogP contribution in [0.1, 0.15) is 27.7 Å².